The van der Waals surface area contributed by atoms with Crippen LogP contribution < -0.4 is 4.90 Å². The lowest BCUT2D eigenvalue weighted by atomic mass is 10.0. The molecule has 1 saturated heterocycles. The summed E-state index contributed by atoms with van der Waals surface area (Å²) in [7, 11) is 2.04. The van der Waals surface area contributed by atoms with E-state index in [2.05, 4.69) is 21.7 Å². The molecule has 3 nitrogen and oxygen atoms in total. The average molecular weight is 237 g/mol. The smallest absolute Gasteiger partial charge is 0.214 e. The van der Waals surface area contributed by atoms with E-state index in [0.717, 1.165) is 38.2 Å². The Bertz CT molecular complexity index is 361. The summed E-state index contributed by atoms with van der Waals surface area (Å²) in [5, 5.41) is 0. The Morgan fingerprint density at radius 1 is 1.47 bits per heavy atom. The Kier molecular flexibility index (Phi) is 3.94. The second kappa shape index (κ2) is 5.45. The normalized spacial score (nSPS) is 18.3. The first-order valence-electron chi connectivity index (χ1n) is 6.27. The van der Waals surface area contributed by atoms with Crippen LogP contribution in [0.3, 0.4) is 0 Å². The topological polar surface area (TPSA) is 19.4 Å². The number of anilines is 1. The number of aromatic nitrogens is 1. The summed E-state index contributed by atoms with van der Waals surface area (Å²) in [4.78, 5) is 8.23. The van der Waals surface area contributed by atoms with Crippen LogP contribution in [0.2, 0.25) is 0 Å². The maximum absolute atomic E-state index is 13.1. The van der Waals surface area contributed by atoms with Gasteiger partial charge in [-0.15, -0.1) is 0 Å². The van der Waals surface area contributed by atoms with Crippen molar-refractivity contribution in [3.8, 4) is 0 Å². The van der Waals surface area contributed by atoms with Crippen molar-refractivity contribution < 1.29 is 4.39 Å². The number of pyridine rings is 1. The van der Waals surface area contributed by atoms with Crippen LogP contribution in [-0.2, 0) is 0 Å². The van der Waals surface area contributed by atoms with Gasteiger partial charge in [0.05, 0.1) is 0 Å². The molecule has 1 aromatic rings. The predicted molar refractivity (Wildman–Crippen MR) is 67.7 cm³/mol. The van der Waals surface area contributed by atoms with Crippen molar-refractivity contribution in [2.45, 2.75) is 25.8 Å². The van der Waals surface area contributed by atoms with Gasteiger partial charge in [0.25, 0.3) is 0 Å². The summed E-state index contributed by atoms with van der Waals surface area (Å²) < 4.78 is 13.1. The van der Waals surface area contributed by atoms with Gasteiger partial charge in [0.2, 0.25) is 5.95 Å². The van der Waals surface area contributed by atoms with E-state index in [1.54, 1.807) is 0 Å². The third-order valence-electron chi connectivity index (χ3n) is 3.67. The first kappa shape index (κ1) is 12.3. The predicted octanol–water partition coefficient (Wildman–Crippen LogP) is 2.14. The molecule has 0 unspecified atom stereocenters. The highest BCUT2D eigenvalue weighted by Gasteiger charge is 2.21. The first-order chi connectivity index (χ1) is 8.20. The zero-order valence-corrected chi connectivity index (χ0v) is 10.6. The highest BCUT2D eigenvalue weighted by molar-refractivity contribution is 5.45. The van der Waals surface area contributed by atoms with Crippen molar-refractivity contribution in [1.82, 2.24) is 9.88 Å². The van der Waals surface area contributed by atoms with Gasteiger partial charge in [-0.1, -0.05) is 6.92 Å². The van der Waals surface area contributed by atoms with E-state index < -0.39 is 5.95 Å². The van der Waals surface area contributed by atoms with Crippen LogP contribution in [-0.4, -0.2) is 42.6 Å². The molecule has 2 rings (SSSR count). The second-order valence-electron chi connectivity index (χ2n) is 4.61. The first-order valence-corrected chi connectivity index (χ1v) is 6.27. The molecule has 1 fully saturated rings. The Hall–Kier alpha value is -1.16. The highest BCUT2D eigenvalue weighted by atomic mass is 19.1. The molecule has 2 heterocycles. The lowest BCUT2D eigenvalue weighted by molar-refractivity contribution is 0.221. The summed E-state index contributed by atoms with van der Waals surface area (Å²) in [6.45, 7) is 5.60. The van der Waals surface area contributed by atoms with E-state index in [0.29, 0.717) is 6.04 Å². The summed E-state index contributed by atoms with van der Waals surface area (Å²) in [6, 6.07) is 3.89. The van der Waals surface area contributed by atoms with Crippen LogP contribution in [0.4, 0.5) is 10.1 Å². The zero-order chi connectivity index (χ0) is 12.3. The number of halogens is 1. The Labute approximate surface area is 102 Å². The molecule has 0 spiro atoms. The van der Waals surface area contributed by atoms with Crippen LogP contribution in [0.5, 0.6) is 0 Å². The molecule has 0 atom stereocenters. The fourth-order valence-electron chi connectivity index (χ4n) is 2.45. The lowest BCUT2D eigenvalue weighted by Crippen LogP contribution is -2.43. The van der Waals surface area contributed by atoms with Crippen molar-refractivity contribution in [3.63, 3.8) is 0 Å². The van der Waals surface area contributed by atoms with Gasteiger partial charge in [-0.3, -0.25) is 0 Å². The van der Waals surface area contributed by atoms with E-state index in [-0.39, 0.29) is 0 Å². The molecule has 0 N–H and O–H groups in total. The van der Waals surface area contributed by atoms with Crippen molar-refractivity contribution in [2.24, 2.45) is 0 Å². The van der Waals surface area contributed by atoms with Gasteiger partial charge >= 0.3 is 0 Å². The van der Waals surface area contributed by atoms with Crippen LogP contribution in [0.25, 0.3) is 0 Å². The van der Waals surface area contributed by atoms with Crippen LogP contribution >= 0.6 is 0 Å². The molecule has 1 aromatic heterocycles. The molecule has 94 valence electrons. The molecule has 0 saturated carbocycles. The number of piperidine rings is 1. The van der Waals surface area contributed by atoms with Gasteiger partial charge in [-0.05, 0) is 25.5 Å². The van der Waals surface area contributed by atoms with E-state index in [4.69, 9.17) is 0 Å². The zero-order valence-electron chi connectivity index (χ0n) is 10.6. The molecule has 1 aliphatic heterocycles. The summed E-state index contributed by atoms with van der Waals surface area (Å²) in [5.41, 5.74) is 0.924. The molecular weight excluding hydrogens is 217 g/mol. The Balaban J connectivity index is 1.99. The number of nitrogens with zero attached hydrogens (tertiary/aromatic N) is 3. The molecule has 0 amide bonds. The summed E-state index contributed by atoms with van der Waals surface area (Å²) in [5.74, 6) is -0.402. The van der Waals surface area contributed by atoms with E-state index in [1.807, 2.05) is 13.1 Å². The number of rotatable bonds is 3. The molecule has 0 radical (unpaired) electrons. The molecule has 0 aromatic carbocycles. The van der Waals surface area contributed by atoms with Gasteiger partial charge in [0.1, 0.15) is 0 Å². The minimum atomic E-state index is -0.402. The minimum absolute atomic E-state index is 0.402. The van der Waals surface area contributed by atoms with E-state index >= 15 is 0 Å². The molecular formula is C13H20FN3. The van der Waals surface area contributed by atoms with Crippen LogP contribution in [0.1, 0.15) is 19.8 Å². The summed E-state index contributed by atoms with van der Waals surface area (Å²) >= 11 is 0. The molecule has 0 bridgehead atoms. The highest BCUT2D eigenvalue weighted by Crippen LogP contribution is 2.21. The third kappa shape index (κ3) is 2.94. The van der Waals surface area contributed by atoms with Gasteiger partial charge in [0, 0.05) is 44.1 Å². The van der Waals surface area contributed by atoms with E-state index in [1.165, 1.54) is 12.3 Å². The monoisotopic (exact) mass is 237 g/mol. The van der Waals surface area contributed by atoms with Gasteiger partial charge in [-0.2, -0.15) is 4.39 Å². The Morgan fingerprint density at radius 3 is 2.76 bits per heavy atom. The van der Waals surface area contributed by atoms with Crippen LogP contribution in [0, 0.1) is 5.95 Å². The third-order valence-corrected chi connectivity index (χ3v) is 3.67. The number of hydrogen-bond acceptors (Lipinski definition) is 3. The van der Waals surface area contributed by atoms with Crippen molar-refractivity contribution >= 4 is 5.69 Å². The fraction of sp³-hybridized carbons (Fsp3) is 0.615. The van der Waals surface area contributed by atoms with Crippen LogP contribution in [0.15, 0.2) is 18.3 Å². The molecule has 1 aliphatic rings. The quantitative estimate of drug-likeness (QED) is 0.751. The molecule has 17 heavy (non-hydrogen) atoms. The summed E-state index contributed by atoms with van der Waals surface area (Å²) in [6.07, 6.45) is 3.82. The minimum Gasteiger partial charge on any atom is -0.371 e. The second-order valence-corrected chi connectivity index (χ2v) is 4.61. The van der Waals surface area contributed by atoms with Crippen molar-refractivity contribution in [1.29, 1.82) is 0 Å². The Morgan fingerprint density at radius 2 is 2.18 bits per heavy atom. The van der Waals surface area contributed by atoms with Gasteiger partial charge < -0.3 is 9.80 Å². The van der Waals surface area contributed by atoms with Crippen molar-refractivity contribution in [2.75, 3.05) is 31.6 Å². The standard InChI is InChI=1S/C13H20FN3/c1-3-17-8-5-11(6-9-17)16(2)12-4-7-15-13(14)10-12/h4,7,10-11H,3,5-6,8-9H2,1-2H3. The van der Waals surface area contributed by atoms with Gasteiger partial charge in [0.15, 0.2) is 0 Å². The SMILES string of the molecule is CCN1CCC(N(C)c2ccnc(F)c2)CC1. The maximum Gasteiger partial charge on any atom is 0.214 e. The average Bonchev–Trinajstić information content (AvgIpc) is 2.38. The van der Waals surface area contributed by atoms with E-state index in [9.17, 15) is 4.39 Å². The largest absolute Gasteiger partial charge is 0.371 e. The van der Waals surface area contributed by atoms with Gasteiger partial charge in [-0.25, -0.2) is 4.98 Å². The lowest BCUT2D eigenvalue weighted by Gasteiger charge is -2.37. The molecule has 0 aliphatic carbocycles. The fourth-order valence-corrected chi connectivity index (χ4v) is 2.45. The van der Waals surface area contributed by atoms with Crippen molar-refractivity contribution in [3.05, 3.63) is 24.3 Å². The number of likely N-dealkylation sites (tertiary alicyclic amines) is 1. The maximum atomic E-state index is 13.1. The number of hydrogen-bond donors (Lipinski definition) is 0. The molecule has 4 heteroatoms.